The minimum atomic E-state index is -1.25. The summed E-state index contributed by atoms with van der Waals surface area (Å²) in [6, 6.07) is 8.37. The van der Waals surface area contributed by atoms with Crippen LogP contribution in [0.15, 0.2) is 40.9 Å². The van der Waals surface area contributed by atoms with Gasteiger partial charge in [0.2, 0.25) is 0 Å². The number of esters is 1. The molecular weight excluding hydrogens is 392 g/mol. The van der Waals surface area contributed by atoms with Crippen molar-refractivity contribution < 1.29 is 29.3 Å². The third-order valence-electron chi connectivity index (χ3n) is 3.10. The second kappa shape index (κ2) is 7.64. The molecule has 0 aliphatic heterocycles. The number of hydrogen-bond donors (Lipinski definition) is 2. The van der Waals surface area contributed by atoms with Crippen LogP contribution in [0.3, 0.4) is 0 Å². The van der Waals surface area contributed by atoms with Crippen LogP contribution in [0.1, 0.15) is 42.2 Å². The third-order valence-corrected chi connectivity index (χ3v) is 3.55. The first-order valence-electron chi connectivity index (χ1n) is 6.83. The highest BCUT2D eigenvalue weighted by Crippen LogP contribution is 2.17. The van der Waals surface area contributed by atoms with Gasteiger partial charge in [-0.25, -0.2) is 14.4 Å². The van der Waals surface area contributed by atoms with Crippen molar-refractivity contribution in [3.8, 4) is 11.8 Å². The van der Waals surface area contributed by atoms with Crippen molar-refractivity contribution in [2.75, 3.05) is 7.11 Å². The van der Waals surface area contributed by atoms with Gasteiger partial charge in [0, 0.05) is 15.6 Å². The lowest BCUT2D eigenvalue weighted by Gasteiger charge is -2.02. The maximum absolute atomic E-state index is 11.6. The van der Waals surface area contributed by atoms with Crippen molar-refractivity contribution >= 4 is 33.8 Å². The van der Waals surface area contributed by atoms with Gasteiger partial charge in [0.05, 0.1) is 23.8 Å². The Morgan fingerprint density at radius 3 is 1.80 bits per heavy atom. The molecule has 0 atom stereocenters. The van der Waals surface area contributed by atoms with Gasteiger partial charge in [-0.05, 0) is 36.4 Å². The van der Waals surface area contributed by atoms with Gasteiger partial charge < -0.3 is 14.9 Å². The van der Waals surface area contributed by atoms with Crippen LogP contribution in [0, 0.1) is 11.8 Å². The van der Waals surface area contributed by atoms with Crippen molar-refractivity contribution in [3.63, 3.8) is 0 Å². The van der Waals surface area contributed by atoms with Gasteiger partial charge in [-0.2, -0.15) is 0 Å². The molecule has 0 aliphatic rings. The Labute approximate surface area is 151 Å². The summed E-state index contributed by atoms with van der Waals surface area (Å²) in [4.78, 5) is 33.8. The zero-order valence-corrected chi connectivity index (χ0v) is 14.5. The Hall–Kier alpha value is -3.11. The second-order valence-corrected chi connectivity index (χ2v) is 5.80. The van der Waals surface area contributed by atoms with Gasteiger partial charge in [-0.15, -0.1) is 0 Å². The molecule has 2 aromatic rings. The maximum Gasteiger partial charge on any atom is 0.337 e. The van der Waals surface area contributed by atoms with E-state index >= 15 is 0 Å². The molecular formula is C18H11BrO6. The predicted octanol–water partition coefficient (Wildman–Crippen LogP) is 3.03. The van der Waals surface area contributed by atoms with Gasteiger partial charge in [0.25, 0.3) is 0 Å². The third kappa shape index (κ3) is 4.68. The van der Waals surface area contributed by atoms with Crippen LogP contribution in [0.4, 0.5) is 0 Å². The monoisotopic (exact) mass is 402 g/mol. The summed E-state index contributed by atoms with van der Waals surface area (Å²) in [7, 11) is 1.26. The van der Waals surface area contributed by atoms with Gasteiger partial charge in [-0.3, -0.25) is 0 Å². The maximum atomic E-state index is 11.6. The van der Waals surface area contributed by atoms with Crippen LogP contribution in [0.2, 0.25) is 0 Å². The molecule has 2 rings (SSSR count). The number of rotatable bonds is 3. The molecule has 0 bridgehead atoms. The lowest BCUT2D eigenvalue weighted by atomic mass is 10.0. The van der Waals surface area contributed by atoms with Gasteiger partial charge in [-0.1, -0.05) is 27.8 Å². The average Bonchev–Trinajstić information content (AvgIpc) is 2.58. The number of halogens is 1. The molecule has 2 N–H and O–H groups in total. The van der Waals surface area contributed by atoms with Crippen LogP contribution in [-0.2, 0) is 4.74 Å². The first-order chi connectivity index (χ1) is 11.8. The van der Waals surface area contributed by atoms with E-state index in [-0.39, 0.29) is 16.7 Å². The molecule has 0 aromatic heterocycles. The molecule has 0 spiro atoms. The minimum Gasteiger partial charge on any atom is -0.478 e. The molecule has 0 saturated carbocycles. The number of carboxylic acids is 2. The van der Waals surface area contributed by atoms with Crippen molar-refractivity contribution in [1.29, 1.82) is 0 Å². The Morgan fingerprint density at radius 1 is 0.840 bits per heavy atom. The molecule has 0 fully saturated rings. The van der Waals surface area contributed by atoms with Gasteiger partial charge in [0.1, 0.15) is 0 Å². The summed E-state index contributed by atoms with van der Waals surface area (Å²) in [5, 5.41) is 18.1. The predicted molar refractivity (Wildman–Crippen MR) is 91.8 cm³/mol. The lowest BCUT2D eigenvalue weighted by molar-refractivity contribution is 0.0598. The van der Waals surface area contributed by atoms with Gasteiger partial charge in [0.15, 0.2) is 0 Å². The largest absolute Gasteiger partial charge is 0.478 e. The van der Waals surface area contributed by atoms with Crippen LogP contribution >= 0.6 is 15.9 Å². The molecule has 0 aliphatic carbocycles. The Bertz CT molecular complexity index is 904. The smallest absolute Gasteiger partial charge is 0.337 e. The van der Waals surface area contributed by atoms with E-state index in [1.54, 1.807) is 12.1 Å². The van der Waals surface area contributed by atoms with E-state index in [0.29, 0.717) is 15.6 Å². The van der Waals surface area contributed by atoms with E-state index in [9.17, 15) is 14.4 Å². The fourth-order valence-electron chi connectivity index (χ4n) is 1.99. The van der Waals surface area contributed by atoms with Crippen molar-refractivity contribution in [2.45, 2.75) is 0 Å². The van der Waals surface area contributed by atoms with Crippen LogP contribution in [-0.4, -0.2) is 35.2 Å². The highest BCUT2D eigenvalue weighted by atomic mass is 79.9. The van der Waals surface area contributed by atoms with Crippen molar-refractivity contribution in [2.24, 2.45) is 0 Å². The first kappa shape index (κ1) is 18.2. The summed E-state index contributed by atoms with van der Waals surface area (Å²) in [5.41, 5.74) is 0.665. The molecule has 0 unspecified atom stereocenters. The van der Waals surface area contributed by atoms with Crippen LogP contribution in [0.5, 0.6) is 0 Å². The number of aromatic carboxylic acids is 2. The van der Waals surface area contributed by atoms with Crippen molar-refractivity contribution in [1.82, 2.24) is 0 Å². The van der Waals surface area contributed by atoms with E-state index in [1.807, 2.05) is 0 Å². The minimum absolute atomic E-state index is 0.173. The summed E-state index contributed by atoms with van der Waals surface area (Å²) < 4.78 is 5.27. The normalized spacial score (nSPS) is 9.68. The Kier molecular flexibility index (Phi) is 5.57. The van der Waals surface area contributed by atoms with E-state index in [4.69, 9.17) is 10.2 Å². The highest BCUT2D eigenvalue weighted by Gasteiger charge is 2.11. The lowest BCUT2D eigenvalue weighted by Crippen LogP contribution is -2.03. The standard InChI is InChI=1S/C18H11BrO6/c1-25-18(24)14-6-11(7-15(19)9-14)3-2-10-4-12(16(20)21)8-13(5-10)17(22)23/h4-9H,1H3,(H,20,21)(H,22,23). The van der Waals surface area contributed by atoms with Crippen molar-refractivity contribution in [3.05, 3.63) is 68.7 Å². The number of carboxylic acid groups (broad SMARTS) is 2. The van der Waals surface area contributed by atoms with Gasteiger partial charge >= 0.3 is 17.9 Å². The second-order valence-electron chi connectivity index (χ2n) is 4.88. The molecule has 7 heteroatoms. The van der Waals surface area contributed by atoms with E-state index in [1.165, 1.54) is 25.3 Å². The Balaban J connectivity index is 2.48. The molecule has 2 aromatic carbocycles. The fourth-order valence-corrected chi connectivity index (χ4v) is 2.48. The van der Waals surface area contributed by atoms with E-state index in [0.717, 1.165) is 6.07 Å². The summed E-state index contributed by atoms with van der Waals surface area (Å²) >= 11 is 3.27. The number of carbonyl (C=O) groups is 3. The number of hydrogen-bond acceptors (Lipinski definition) is 4. The molecule has 0 saturated heterocycles. The molecule has 0 heterocycles. The molecule has 0 radical (unpaired) electrons. The SMILES string of the molecule is COC(=O)c1cc(Br)cc(C#Cc2cc(C(=O)O)cc(C(=O)O)c2)c1. The highest BCUT2D eigenvalue weighted by molar-refractivity contribution is 9.10. The fraction of sp³-hybridized carbons (Fsp3) is 0.0556. The quantitative estimate of drug-likeness (QED) is 0.604. The molecule has 126 valence electrons. The summed E-state index contributed by atoms with van der Waals surface area (Å²) in [6.45, 7) is 0. The zero-order chi connectivity index (χ0) is 18.6. The average molecular weight is 403 g/mol. The zero-order valence-electron chi connectivity index (χ0n) is 12.9. The van der Waals surface area contributed by atoms with E-state index in [2.05, 4.69) is 32.5 Å². The van der Waals surface area contributed by atoms with Crippen LogP contribution in [0.25, 0.3) is 0 Å². The molecule has 0 amide bonds. The molecule has 25 heavy (non-hydrogen) atoms. The summed E-state index contributed by atoms with van der Waals surface area (Å²) in [5.74, 6) is 2.47. The van der Waals surface area contributed by atoms with Crippen LogP contribution < -0.4 is 0 Å². The number of methoxy groups -OCH3 is 1. The number of benzene rings is 2. The van der Waals surface area contributed by atoms with E-state index < -0.39 is 17.9 Å². The molecule has 6 nitrogen and oxygen atoms in total. The number of carbonyl (C=O) groups excluding carboxylic acids is 1. The number of ether oxygens (including phenoxy) is 1. The summed E-state index contributed by atoms with van der Waals surface area (Å²) in [6.07, 6.45) is 0. The first-order valence-corrected chi connectivity index (χ1v) is 7.62. The topological polar surface area (TPSA) is 101 Å². The Morgan fingerprint density at radius 2 is 1.32 bits per heavy atom.